The van der Waals surface area contributed by atoms with Crippen LogP contribution in [-0.2, 0) is 16.0 Å². The average molecular weight is 560 g/mol. The van der Waals surface area contributed by atoms with E-state index in [1.807, 2.05) is 13.8 Å². The first-order valence-electron chi connectivity index (χ1n) is 14.1. The van der Waals surface area contributed by atoms with Gasteiger partial charge in [0, 0.05) is 24.3 Å². The molecular weight excluding hydrogens is 518 g/mol. The maximum absolute atomic E-state index is 13.2. The molecule has 2 aromatic rings. The maximum Gasteiger partial charge on any atom is 0.224 e. The molecule has 214 valence electrons. The summed E-state index contributed by atoms with van der Waals surface area (Å²) in [5.74, 6) is 1.52. The van der Waals surface area contributed by atoms with Crippen LogP contribution in [0.25, 0.3) is 0 Å². The minimum Gasteiger partial charge on any atom is -0.493 e. The highest BCUT2D eigenvalue weighted by Gasteiger charge is 2.33. The van der Waals surface area contributed by atoms with Crippen molar-refractivity contribution in [1.82, 2.24) is 5.32 Å². The number of aliphatic hydroxyl groups is 2. The van der Waals surface area contributed by atoms with E-state index in [2.05, 4.69) is 5.32 Å². The van der Waals surface area contributed by atoms with Gasteiger partial charge in [-0.3, -0.25) is 4.79 Å². The van der Waals surface area contributed by atoms with Crippen LogP contribution >= 0.6 is 11.6 Å². The minimum atomic E-state index is -0.965. The van der Waals surface area contributed by atoms with E-state index in [9.17, 15) is 15.0 Å². The predicted octanol–water partition coefficient (Wildman–Crippen LogP) is 5.22. The average Bonchev–Trinajstić information content (AvgIpc) is 2.94. The first-order chi connectivity index (χ1) is 18.7. The quantitative estimate of drug-likeness (QED) is 0.369. The summed E-state index contributed by atoms with van der Waals surface area (Å²) in [6.07, 6.45) is 4.10. The summed E-state index contributed by atoms with van der Waals surface area (Å²) in [6.45, 7) is 5.31. The van der Waals surface area contributed by atoms with E-state index < -0.39 is 6.10 Å². The zero-order chi connectivity index (χ0) is 27.9. The Balaban J connectivity index is 1.44. The lowest BCUT2D eigenvalue weighted by atomic mass is 9.76. The van der Waals surface area contributed by atoms with Crippen LogP contribution in [0, 0.1) is 11.8 Å². The second kappa shape index (κ2) is 13.8. The Hall–Kier alpha value is -2.32. The fraction of sp³-hybridized carbons (Fsp3) is 0.581. The van der Waals surface area contributed by atoms with Crippen LogP contribution in [0.4, 0.5) is 0 Å². The van der Waals surface area contributed by atoms with Crippen molar-refractivity contribution in [3.05, 3.63) is 58.1 Å². The monoisotopic (exact) mass is 559 g/mol. The molecule has 3 N–H and O–H groups in total. The molecule has 2 aliphatic rings. The largest absolute Gasteiger partial charge is 0.493 e. The third-order valence-electron chi connectivity index (χ3n) is 7.99. The Kier molecular flexibility index (Phi) is 10.5. The molecule has 39 heavy (non-hydrogen) atoms. The van der Waals surface area contributed by atoms with Gasteiger partial charge < -0.3 is 29.7 Å². The molecule has 1 saturated heterocycles. The highest BCUT2D eigenvalue weighted by atomic mass is 35.5. The van der Waals surface area contributed by atoms with Crippen LogP contribution in [0.15, 0.2) is 36.4 Å². The smallest absolute Gasteiger partial charge is 0.224 e. The Morgan fingerprint density at radius 1 is 1.00 bits per heavy atom. The second-order valence-electron chi connectivity index (χ2n) is 11.1. The number of methoxy groups -OCH3 is 1. The summed E-state index contributed by atoms with van der Waals surface area (Å²) in [6, 6.07) is 10.6. The van der Waals surface area contributed by atoms with Crippen molar-refractivity contribution in [1.29, 1.82) is 0 Å². The molecule has 4 rings (SSSR count). The lowest BCUT2D eigenvalue weighted by molar-refractivity contribution is -0.121. The molecule has 0 aromatic heterocycles. The van der Waals surface area contributed by atoms with Gasteiger partial charge in [-0.2, -0.15) is 0 Å². The maximum atomic E-state index is 13.2. The zero-order valence-electron chi connectivity index (χ0n) is 23.2. The molecule has 1 aliphatic carbocycles. The van der Waals surface area contributed by atoms with E-state index in [1.165, 1.54) is 0 Å². The van der Waals surface area contributed by atoms with Gasteiger partial charge in [0.25, 0.3) is 0 Å². The van der Waals surface area contributed by atoms with Crippen molar-refractivity contribution < 1.29 is 29.2 Å². The topological polar surface area (TPSA) is 97.3 Å². The van der Waals surface area contributed by atoms with E-state index >= 15 is 0 Å². The van der Waals surface area contributed by atoms with Gasteiger partial charge in [0.1, 0.15) is 6.10 Å². The minimum absolute atomic E-state index is 0.0747. The molecule has 1 saturated carbocycles. The normalized spacial score (nSPS) is 21.8. The number of rotatable bonds is 10. The molecule has 0 radical (unpaired) electrons. The first kappa shape index (κ1) is 29.7. The third-order valence-corrected chi connectivity index (χ3v) is 8.24. The van der Waals surface area contributed by atoms with Gasteiger partial charge in [0.15, 0.2) is 11.5 Å². The number of nitrogens with one attached hydrogen (secondary N) is 1. The summed E-state index contributed by atoms with van der Waals surface area (Å²) in [7, 11) is 1.56. The Morgan fingerprint density at radius 3 is 2.26 bits per heavy atom. The predicted molar refractivity (Wildman–Crippen MR) is 151 cm³/mol. The SMILES string of the molecule is COc1cc(CC(=O)NC2CCC(C(O)C3CCOCC3)CC2)c(C(O)c2ccc(Cl)cc2)cc1OC(C)C. The van der Waals surface area contributed by atoms with Crippen LogP contribution < -0.4 is 14.8 Å². The second-order valence-corrected chi connectivity index (χ2v) is 11.6. The third kappa shape index (κ3) is 7.88. The number of hydrogen-bond acceptors (Lipinski definition) is 6. The zero-order valence-corrected chi connectivity index (χ0v) is 24.0. The Morgan fingerprint density at radius 2 is 1.64 bits per heavy atom. The van der Waals surface area contributed by atoms with E-state index in [4.69, 9.17) is 25.8 Å². The number of halogens is 1. The number of hydrogen-bond donors (Lipinski definition) is 3. The molecule has 1 heterocycles. The summed E-state index contributed by atoms with van der Waals surface area (Å²) < 4.78 is 17.0. The summed E-state index contributed by atoms with van der Waals surface area (Å²) >= 11 is 6.05. The molecule has 0 spiro atoms. The lowest BCUT2D eigenvalue weighted by Gasteiger charge is -2.36. The Bertz CT molecular complexity index is 1080. The Labute approximate surface area is 236 Å². The molecule has 2 unspecified atom stereocenters. The number of carbonyl (C=O) groups is 1. The van der Waals surface area contributed by atoms with Crippen molar-refractivity contribution in [3.8, 4) is 11.5 Å². The van der Waals surface area contributed by atoms with Crippen LogP contribution in [0.5, 0.6) is 11.5 Å². The highest BCUT2D eigenvalue weighted by molar-refractivity contribution is 6.30. The van der Waals surface area contributed by atoms with Gasteiger partial charge in [0.05, 0.1) is 25.7 Å². The van der Waals surface area contributed by atoms with Crippen molar-refractivity contribution in [2.75, 3.05) is 20.3 Å². The van der Waals surface area contributed by atoms with Crippen molar-refractivity contribution in [2.45, 2.75) is 83.1 Å². The molecule has 1 aliphatic heterocycles. The number of benzene rings is 2. The molecule has 2 aromatic carbocycles. The molecule has 2 atom stereocenters. The molecule has 8 heteroatoms. The number of amides is 1. The van der Waals surface area contributed by atoms with Crippen LogP contribution in [0.1, 0.15) is 75.2 Å². The summed E-state index contributed by atoms with van der Waals surface area (Å²) in [4.78, 5) is 13.2. The van der Waals surface area contributed by atoms with Crippen LogP contribution in [-0.4, -0.2) is 54.7 Å². The van der Waals surface area contributed by atoms with E-state index in [1.54, 1.807) is 43.5 Å². The molecule has 2 fully saturated rings. The van der Waals surface area contributed by atoms with Gasteiger partial charge in [0.2, 0.25) is 5.91 Å². The van der Waals surface area contributed by atoms with E-state index in [-0.39, 0.29) is 36.5 Å². The van der Waals surface area contributed by atoms with Crippen molar-refractivity contribution >= 4 is 17.5 Å². The fourth-order valence-electron chi connectivity index (χ4n) is 5.85. The van der Waals surface area contributed by atoms with E-state index in [0.717, 1.165) is 51.7 Å². The van der Waals surface area contributed by atoms with E-state index in [0.29, 0.717) is 39.1 Å². The molecule has 0 bridgehead atoms. The first-order valence-corrected chi connectivity index (χ1v) is 14.5. The number of carbonyl (C=O) groups excluding carboxylic acids is 1. The fourth-order valence-corrected chi connectivity index (χ4v) is 5.98. The van der Waals surface area contributed by atoms with Crippen LogP contribution in [0.2, 0.25) is 5.02 Å². The van der Waals surface area contributed by atoms with Gasteiger partial charge in [-0.05, 0) is 105 Å². The van der Waals surface area contributed by atoms with Gasteiger partial charge in [-0.15, -0.1) is 0 Å². The van der Waals surface area contributed by atoms with Gasteiger partial charge in [-0.25, -0.2) is 0 Å². The molecular formula is C31H42ClNO6. The highest BCUT2D eigenvalue weighted by Crippen LogP contribution is 2.37. The molecule has 1 amide bonds. The van der Waals surface area contributed by atoms with Gasteiger partial charge >= 0.3 is 0 Å². The number of ether oxygens (including phenoxy) is 3. The van der Waals surface area contributed by atoms with Crippen molar-refractivity contribution in [3.63, 3.8) is 0 Å². The van der Waals surface area contributed by atoms with Gasteiger partial charge in [-0.1, -0.05) is 23.7 Å². The summed E-state index contributed by atoms with van der Waals surface area (Å²) in [5.41, 5.74) is 1.93. The standard InChI is InChI=1S/C31H42ClNO6/c1-19(2)39-28-18-26(31(36)21-4-8-24(32)9-5-21)23(16-27(28)37-3)17-29(34)33-25-10-6-20(7-11-25)30(35)22-12-14-38-15-13-22/h4-5,8-9,16,18-20,22,25,30-31,35-36H,6-7,10-15,17H2,1-3H3,(H,33,34). The van der Waals surface area contributed by atoms with Crippen LogP contribution in [0.3, 0.4) is 0 Å². The number of aliphatic hydroxyl groups excluding tert-OH is 2. The molecule has 7 nitrogen and oxygen atoms in total. The lowest BCUT2D eigenvalue weighted by Crippen LogP contribution is -2.42. The summed E-state index contributed by atoms with van der Waals surface area (Å²) in [5, 5.41) is 26.0. The van der Waals surface area contributed by atoms with Crippen molar-refractivity contribution in [2.24, 2.45) is 11.8 Å².